The van der Waals surface area contributed by atoms with Crippen molar-refractivity contribution in [2.24, 2.45) is 0 Å². The Hall–Kier alpha value is -2.18. The van der Waals surface area contributed by atoms with Crippen molar-refractivity contribution in [3.8, 4) is 0 Å². The standard InChI is InChI=1S/C18H23N3O3/c1-2-21-12-16(11-19-21)17(23)20-8-9-24-18(13-20,14-22)10-15-6-4-3-5-7-15/h3-7,11-12,22H,2,8-10,13-14H2,1H3/t18-/m1/s1. The van der Waals surface area contributed by atoms with Gasteiger partial charge in [0.2, 0.25) is 0 Å². The van der Waals surface area contributed by atoms with Gasteiger partial charge in [-0.1, -0.05) is 30.3 Å². The molecule has 1 aliphatic heterocycles. The van der Waals surface area contributed by atoms with E-state index in [4.69, 9.17) is 4.74 Å². The average Bonchev–Trinajstić information content (AvgIpc) is 3.11. The molecule has 24 heavy (non-hydrogen) atoms. The first-order valence-corrected chi connectivity index (χ1v) is 8.26. The summed E-state index contributed by atoms with van der Waals surface area (Å²) in [7, 11) is 0. The molecular formula is C18H23N3O3. The zero-order valence-corrected chi connectivity index (χ0v) is 13.9. The molecule has 0 spiro atoms. The monoisotopic (exact) mass is 329 g/mol. The van der Waals surface area contributed by atoms with Crippen LogP contribution in [0.1, 0.15) is 22.8 Å². The van der Waals surface area contributed by atoms with Crippen molar-refractivity contribution in [3.05, 3.63) is 53.9 Å². The fourth-order valence-electron chi connectivity index (χ4n) is 3.07. The van der Waals surface area contributed by atoms with Crippen LogP contribution in [0.3, 0.4) is 0 Å². The third-order valence-corrected chi connectivity index (χ3v) is 4.40. The molecule has 0 unspecified atom stereocenters. The van der Waals surface area contributed by atoms with Gasteiger partial charge in [0.05, 0.1) is 31.5 Å². The molecular weight excluding hydrogens is 306 g/mol. The van der Waals surface area contributed by atoms with E-state index in [2.05, 4.69) is 5.10 Å². The van der Waals surface area contributed by atoms with E-state index in [1.807, 2.05) is 37.3 Å². The normalized spacial score (nSPS) is 21.0. The van der Waals surface area contributed by atoms with Gasteiger partial charge in [0.25, 0.3) is 5.91 Å². The second-order valence-corrected chi connectivity index (χ2v) is 6.16. The lowest BCUT2D eigenvalue weighted by atomic mass is 9.93. The molecule has 6 nitrogen and oxygen atoms in total. The molecule has 1 aromatic carbocycles. The number of amides is 1. The number of rotatable bonds is 5. The van der Waals surface area contributed by atoms with Crippen LogP contribution < -0.4 is 0 Å². The zero-order valence-electron chi connectivity index (χ0n) is 13.9. The lowest BCUT2D eigenvalue weighted by molar-refractivity contribution is -0.123. The van der Waals surface area contributed by atoms with Crippen molar-refractivity contribution in [2.75, 3.05) is 26.3 Å². The highest BCUT2D eigenvalue weighted by Crippen LogP contribution is 2.24. The number of aromatic nitrogens is 2. The molecule has 1 saturated heterocycles. The van der Waals surface area contributed by atoms with Gasteiger partial charge in [-0.15, -0.1) is 0 Å². The maximum Gasteiger partial charge on any atom is 0.257 e. The van der Waals surface area contributed by atoms with E-state index >= 15 is 0 Å². The van der Waals surface area contributed by atoms with Crippen LogP contribution in [0.5, 0.6) is 0 Å². The summed E-state index contributed by atoms with van der Waals surface area (Å²) in [5.41, 5.74) is 0.903. The van der Waals surface area contributed by atoms with Crippen LogP contribution in [0.2, 0.25) is 0 Å². The lowest BCUT2D eigenvalue weighted by Gasteiger charge is -2.41. The van der Waals surface area contributed by atoms with Crippen LogP contribution in [-0.2, 0) is 17.7 Å². The van der Waals surface area contributed by atoms with E-state index in [0.29, 0.717) is 31.7 Å². The summed E-state index contributed by atoms with van der Waals surface area (Å²) in [6.07, 6.45) is 3.93. The Balaban J connectivity index is 1.75. The minimum absolute atomic E-state index is 0.0658. The van der Waals surface area contributed by atoms with E-state index < -0.39 is 5.60 Å². The summed E-state index contributed by atoms with van der Waals surface area (Å²) in [5.74, 6) is -0.0658. The molecule has 2 aromatic rings. The lowest BCUT2D eigenvalue weighted by Crippen LogP contribution is -2.56. The van der Waals surface area contributed by atoms with Crippen LogP contribution in [-0.4, -0.2) is 57.6 Å². The highest BCUT2D eigenvalue weighted by atomic mass is 16.5. The number of benzene rings is 1. The summed E-state index contributed by atoms with van der Waals surface area (Å²) >= 11 is 0. The van der Waals surface area contributed by atoms with Gasteiger partial charge in [-0.25, -0.2) is 0 Å². The van der Waals surface area contributed by atoms with Crippen molar-refractivity contribution < 1.29 is 14.6 Å². The smallest absolute Gasteiger partial charge is 0.257 e. The molecule has 2 heterocycles. The highest BCUT2D eigenvalue weighted by molar-refractivity contribution is 5.93. The van der Waals surface area contributed by atoms with E-state index in [9.17, 15) is 9.90 Å². The molecule has 0 saturated carbocycles. The van der Waals surface area contributed by atoms with E-state index in [-0.39, 0.29) is 12.5 Å². The number of aliphatic hydroxyl groups is 1. The molecule has 3 rings (SSSR count). The fraction of sp³-hybridized carbons (Fsp3) is 0.444. The van der Waals surface area contributed by atoms with Crippen molar-refractivity contribution in [2.45, 2.75) is 25.5 Å². The van der Waals surface area contributed by atoms with Gasteiger partial charge in [0, 0.05) is 25.7 Å². The first kappa shape index (κ1) is 16.7. The number of hydrogen-bond donors (Lipinski definition) is 1. The van der Waals surface area contributed by atoms with Crippen LogP contribution in [0.25, 0.3) is 0 Å². The molecule has 1 aromatic heterocycles. The number of hydrogen-bond acceptors (Lipinski definition) is 4. The molecule has 128 valence electrons. The number of nitrogens with zero attached hydrogens (tertiary/aromatic N) is 3. The minimum Gasteiger partial charge on any atom is -0.393 e. The molecule has 0 aliphatic carbocycles. The van der Waals surface area contributed by atoms with E-state index in [1.54, 1.807) is 22.0 Å². The van der Waals surface area contributed by atoms with Crippen LogP contribution >= 0.6 is 0 Å². The summed E-state index contributed by atoms with van der Waals surface area (Å²) in [6, 6.07) is 9.90. The quantitative estimate of drug-likeness (QED) is 0.899. The Morgan fingerprint density at radius 2 is 2.17 bits per heavy atom. The SMILES string of the molecule is CCn1cc(C(=O)N2CCO[C@](CO)(Cc3ccccc3)C2)cn1. The molecule has 1 fully saturated rings. The Morgan fingerprint density at radius 1 is 1.38 bits per heavy atom. The molecule has 1 N–H and O–H groups in total. The number of aliphatic hydroxyl groups excluding tert-OH is 1. The van der Waals surface area contributed by atoms with Gasteiger partial charge in [0.15, 0.2) is 0 Å². The largest absolute Gasteiger partial charge is 0.393 e. The predicted molar refractivity (Wildman–Crippen MR) is 89.7 cm³/mol. The maximum absolute atomic E-state index is 12.7. The number of aryl methyl sites for hydroxylation is 1. The Morgan fingerprint density at radius 3 is 2.83 bits per heavy atom. The van der Waals surface area contributed by atoms with Crippen molar-refractivity contribution in [3.63, 3.8) is 0 Å². The number of carbonyl (C=O) groups is 1. The molecule has 0 radical (unpaired) electrons. The van der Waals surface area contributed by atoms with Gasteiger partial charge in [-0.05, 0) is 12.5 Å². The van der Waals surface area contributed by atoms with E-state index in [1.165, 1.54) is 0 Å². The van der Waals surface area contributed by atoms with Crippen molar-refractivity contribution in [1.82, 2.24) is 14.7 Å². The summed E-state index contributed by atoms with van der Waals surface area (Å²) in [5, 5.41) is 14.1. The second kappa shape index (κ2) is 7.15. The molecule has 1 amide bonds. The molecule has 1 aliphatic rings. The van der Waals surface area contributed by atoms with Gasteiger partial charge >= 0.3 is 0 Å². The summed E-state index contributed by atoms with van der Waals surface area (Å²) in [4.78, 5) is 14.5. The van der Waals surface area contributed by atoms with Crippen LogP contribution in [0, 0.1) is 0 Å². The third kappa shape index (κ3) is 3.49. The first-order chi connectivity index (χ1) is 11.7. The Kier molecular flexibility index (Phi) is 4.97. The van der Waals surface area contributed by atoms with Gasteiger partial charge in [-0.3, -0.25) is 9.48 Å². The van der Waals surface area contributed by atoms with E-state index in [0.717, 1.165) is 12.1 Å². The van der Waals surface area contributed by atoms with Gasteiger partial charge in [-0.2, -0.15) is 5.10 Å². The second-order valence-electron chi connectivity index (χ2n) is 6.16. The Labute approximate surface area is 141 Å². The molecule has 1 atom stereocenters. The number of carbonyl (C=O) groups excluding carboxylic acids is 1. The Bertz CT molecular complexity index is 686. The molecule has 0 bridgehead atoms. The maximum atomic E-state index is 12.7. The molecule has 6 heteroatoms. The minimum atomic E-state index is -0.754. The number of morpholine rings is 1. The topological polar surface area (TPSA) is 67.6 Å². The van der Waals surface area contributed by atoms with Crippen LogP contribution in [0.15, 0.2) is 42.7 Å². The summed E-state index contributed by atoms with van der Waals surface area (Å²) < 4.78 is 7.63. The fourth-order valence-corrected chi connectivity index (χ4v) is 3.07. The summed E-state index contributed by atoms with van der Waals surface area (Å²) in [6.45, 7) is 3.89. The predicted octanol–water partition coefficient (Wildman–Crippen LogP) is 1.35. The average molecular weight is 329 g/mol. The number of ether oxygens (including phenoxy) is 1. The third-order valence-electron chi connectivity index (χ3n) is 4.40. The van der Waals surface area contributed by atoms with Crippen molar-refractivity contribution in [1.29, 1.82) is 0 Å². The van der Waals surface area contributed by atoms with Gasteiger partial charge < -0.3 is 14.7 Å². The first-order valence-electron chi connectivity index (χ1n) is 8.26. The van der Waals surface area contributed by atoms with Gasteiger partial charge in [0.1, 0.15) is 5.60 Å². The van der Waals surface area contributed by atoms with Crippen molar-refractivity contribution >= 4 is 5.91 Å². The zero-order chi connectivity index (χ0) is 17.0. The highest BCUT2D eigenvalue weighted by Gasteiger charge is 2.38. The van der Waals surface area contributed by atoms with Crippen LogP contribution in [0.4, 0.5) is 0 Å².